The van der Waals surface area contributed by atoms with Gasteiger partial charge in [0, 0.05) is 37.7 Å². The van der Waals surface area contributed by atoms with E-state index in [0.29, 0.717) is 6.54 Å². The van der Waals surface area contributed by atoms with Gasteiger partial charge in [0.15, 0.2) is 0 Å². The first kappa shape index (κ1) is 13.7. The number of amides is 2. The zero-order valence-electron chi connectivity index (χ0n) is 11.1. The van der Waals surface area contributed by atoms with E-state index in [2.05, 4.69) is 10.2 Å². The average molecular weight is 271 g/mol. The lowest BCUT2D eigenvalue weighted by atomic mass is 10.0. The Morgan fingerprint density at radius 2 is 1.89 bits per heavy atom. The number of hydrogen-bond donors (Lipinski definition) is 1. The van der Waals surface area contributed by atoms with Gasteiger partial charge in [-0.3, -0.25) is 14.5 Å². The van der Waals surface area contributed by atoms with E-state index in [-0.39, 0.29) is 18.4 Å². The van der Waals surface area contributed by atoms with Crippen molar-refractivity contribution in [2.24, 2.45) is 0 Å². The van der Waals surface area contributed by atoms with Crippen molar-refractivity contribution >= 4 is 23.6 Å². The minimum Gasteiger partial charge on any atom is -0.341 e. The Bertz CT molecular complexity index is 340. The van der Waals surface area contributed by atoms with Gasteiger partial charge in [0.05, 0.1) is 6.54 Å². The van der Waals surface area contributed by atoms with Gasteiger partial charge in [0.1, 0.15) is 5.54 Å². The third-order valence-electron chi connectivity index (χ3n) is 3.40. The molecule has 0 aromatic rings. The summed E-state index contributed by atoms with van der Waals surface area (Å²) >= 11 is 1.97. The minimum absolute atomic E-state index is 0.0217. The summed E-state index contributed by atoms with van der Waals surface area (Å²) in [5.74, 6) is 2.29. The Kier molecular flexibility index (Phi) is 4.17. The Labute approximate surface area is 112 Å². The first-order chi connectivity index (χ1) is 8.49. The maximum absolute atomic E-state index is 12.2. The Morgan fingerprint density at radius 1 is 1.22 bits per heavy atom. The van der Waals surface area contributed by atoms with E-state index in [1.165, 1.54) is 11.5 Å². The third-order valence-corrected chi connectivity index (χ3v) is 4.34. The molecule has 2 aliphatic rings. The van der Waals surface area contributed by atoms with Crippen LogP contribution in [0, 0.1) is 0 Å². The molecule has 5 nitrogen and oxygen atoms in total. The molecular weight excluding hydrogens is 250 g/mol. The molecule has 2 fully saturated rings. The van der Waals surface area contributed by atoms with Crippen LogP contribution in [0.2, 0.25) is 0 Å². The number of nitrogens with one attached hydrogen (secondary N) is 1. The van der Waals surface area contributed by atoms with E-state index >= 15 is 0 Å². The molecular formula is C12H21N3O2S. The molecule has 0 unspecified atom stereocenters. The van der Waals surface area contributed by atoms with Gasteiger partial charge in [-0.15, -0.1) is 0 Å². The molecule has 6 heteroatoms. The van der Waals surface area contributed by atoms with Crippen LogP contribution in [-0.2, 0) is 9.59 Å². The van der Waals surface area contributed by atoms with Crippen LogP contribution in [0.15, 0.2) is 0 Å². The van der Waals surface area contributed by atoms with Crippen LogP contribution < -0.4 is 5.32 Å². The molecule has 2 amide bonds. The summed E-state index contributed by atoms with van der Waals surface area (Å²) in [4.78, 5) is 27.8. The number of thioether (sulfide) groups is 1. The van der Waals surface area contributed by atoms with Crippen LogP contribution in [-0.4, -0.2) is 71.4 Å². The predicted molar refractivity (Wildman–Crippen MR) is 72.6 cm³/mol. The van der Waals surface area contributed by atoms with Crippen molar-refractivity contribution < 1.29 is 9.59 Å². The summed E-state index contributed by atoms with van der Waals surface area (Å²) in [5, 5.41) is 2.73. The molecule has 0 saturated carbocycles. The summed E-state index contributed by atoms with van der Waals surface area (Å²) in [6.07, 6.45) is 0. The number of carbonyl (C=O) groups excluding carboxylic acids is 2. The molecule has 0 radical (unpaired) electrons. The maximum atomic E-state index is 12.2. The zero-order chi connectivity index (χ0) is 13.2. The van der Waals surface area contributed by atoms with Gasteiger partial charge >= 0.3 is 0 Å². The van der Waals surface area contributed by atoms with Gasteiger partial charge in [-0.25, -0.2) is 0 Å². The second kappa shape index (κ2) is 5.48. The molecule has 0 aromatic carbocycles. The van der Waals surface area contributed by atoms with Gasteiger partial charge in [-0.2, -0.15) is 11.8 Å². The Hall–Kier alpha value is -0.750. The van der Waals surface area contributed by atoms with Crippen LogP contribution in [0.4, 0.5) is 0 Å². The first-order valence-corrected chi connectivity index (χ1v) is 7.55. The summed E-state index contributed by atoms with van der Waals surface area (Å²) in [7, 11) is 0. The van der Waals surface area contributed by atoms with Crippen LogP contribution >= 0.6 is 11.8 Å². The second-order valence-corrected chi connectivity index (χ2v) is 6.58. The monoisotopic (exact) mass is 271 g/mol. The highest BCUT2D eigenvalue weighted by Crippen LogP contribution is 2.14. The number of rotatable bonds is 3. The lowest BCUT2D eigenvalue weighted by molar-refractivity contribution is -0.148. The van der Waals surface area contributed by atoms with Crippen molar-refractivity contribution in [3.8, 4) is 0 Å². The average Bonchev–Trinajstić information content (AvgIpc) is 2.33. The maximum Gasteiger partial charge on any atom is 0.248 e. The lowest BCUT2D eigenvalue weighted by Gasteiger charge is -2.38. The highest BCUT2D eigenvalue weighted by atomic mass is 32.2. The molecule has 1 N–H and O–H groups in total. The fourth-order valence-corrected chi connectivity index (χ4v) is 3.33. The van der Waals surface area contributed by atoms with Crippen LogP contribution in [0.5, 0.6) is 0 Å². The van der Waals surface area contributed by atoms with Crippen molar-refractivity contribution in [1.29, 1.82) is 0 Å². The third kappa shape index (κ3) is 3.17. The summed E-state index contributed by atoms with van der Waals surface area (Å²) in [5.41, 5.74) is -0.757. The molecule has 0 bridgehead atoms. The molecule has 2 heterocycles. The first-order valence-electron chi connectivity index (χ1n) is 6.39. The topological polar surface area (TPSA) is 52.7 Å². The smallest absolute Gasteiger partial charge is 0.248 e. The van der Waals surface area contributed by atoms with Crippen molar-refractivity contribution in [3.05, 3.63) is 0 Å². The molecule has 102 valence electrons. The summed E-state index contributed by atoms with van der Waals surface area (Å²) in [6, 6.07) is 0. The minimum atomic E-state index is -0.757. The van der Waals surface area contributed by atoms with E-state index in [9.17, 15) is 9.59 Å². The number of hydrogen-bond acceptors (Lipinski definition) is 4. The molecule has 2 aliphatic heterocycles. The molecule has 18 heavy (non-hydrogen) atoms. The van der Waals surface area contributed by atoms with Gasteiger partial charge in [-0.05, 0) is 13.8 Å². The second-order valence-electron chi connectivity index (χ2n) is 5.35. The van der Waals surface area contributed by atoms with E-state index in [4.69, 9.17) is 0 Å². The van der Waals surface area contributed by atoms with Crippen molar-refractivity contribution in [2.75, 3.05) is 44.2 Å². The number of nitrogens with zero attached hydrogens (tertiary/aromatic N) is 2. The van der Waals surface area contributed by atoms with Gasteiger partial charge in [0.25, 0.3) is 0 Å². The standard InChI is InChI=1S/C12H21N3O2S/c1-12(2)11(17)15(9-10(16)13-12)4-3-14-5-7-18-8-6-14/h3-9H2,1-2H3,(H,13,16). The summed E-state index contributed by atoms with van der Waals surface area (Å²) < 4.78 is 0. The van der Waals surface area contributed by atoms with Crippen LogP contribution in [0.25, 0.3) is 0 Å². The lowest BCUT2D eigenvalue weighted by Crippen LogP contribution is -2.64. The normalized spacial score (nSPS) is 25.1. The Morgan fingerprint density at radius 3 is 2.56 bits per heavy atom. The predicted octanol–water partition coefficient (Wildman–Crippen LogP) is -0.228. The zero-order valence-corrected chi connectivity index (χ0v) is 11.9. The van der Waals surface area contributed by atoms with Gasteiger partial charge in [-0.1, -0.05) is 0 Å². The van der Waals surface area contributed by atoms with Crippen LogP contribution in [0.1, 0.15) is 13.8 Å². The quantitative estimate of drug-likeness (QED) is 0.770. The fraction of sp³-hybridized carbons (Fsp3) is 0.833. The van der Waals surface area contributed by atoms with Crippen LogP contribution in [0.3, 0.4) is 0 Å². The molecule has 0 aromatic heterocycles. The number of piperazine rings is 1. The fourth-order valence-electron chi connectivity index (χ4n) is 2.35. The molecule has 2 saturated heterocycles. The largest absolute Gasteiger partial charge is 0.341 e. The van der Waals surface area contributed by atoms with Gasteiger partial charge in [0.2, 0.25) is 11.8 Å². The van der Waals surface area contributed by atoms with E-state index in [1.54, 1.807) is 18.7 Å². The molecule has 2 rings (SSSR count). The molecule has 0 aliphatic carbocycles. The molecule has 0 atom stereocenters. The van der Waals surface area contributed by atoms with E-state index in [1.807, 2.05) is 11.8 Å². The van der Waals surface area contributed by atoms with Crippen molar-refractivity contribution in [3.63, 3.8) is 0 Å². The SMILES string of the molecule is CC1(C)NC(=O)CN(CCN2CCSCC2)C1=O. The summed E-state index contributed by atoms with van der Waals surface area (Å²) in [6.45, 7) is 7.42. The Balaban J connectivity index is 1.87. The molecule has 0 spiro atoms. The van der Waals surface area contributed by atoms with Crippen molar-refractivity contribution in [2.45, 2.75) is 19.4 Å². The number of carbonyl (C=O) groups is 2. The van der Waals surface area contributed by atoms with Gasteiger partial charge < -0.3 is 10.2 Å². The highest BCUT2D eigenvalue weighted by Gasteiger charge is 2.38. The van der Waals surface area contributed by atoms with E-state index in [0.717, 1.165) is 19.6 Å². The van der Waals surface area contributed by atoms with Crippen molar-refractivity contribution in [1.82, 2.24) is 15.1 Å². The van der Waals surface area contributed by atoms with E-state index < -0.39 is 5.54 Å². The highest BCUT2D eigenvalue weighted by molar-refractivity contribution is 7.99.